The summed E-state index contributed by atoms with van der Waals surface area (Å²) in [5.74, 6) is 0.677. The molecule has 2 N–H and O–H groups in total. The van der Waals surface area contributed by atoms with Crippen LogP contribution in [0.2, 0.25) is 0 Å². The number of furan rings is 1. The summed E-state index contributed by atoms with van der Waals surface area (Å²) in [5, 5.41) is 7.64. The number of carbonyl (C=O) groups is 2. The number of benzene rings is 3. The molecule has 4 aromatic rings. The van der Waals surface area contributed by atoms with E-state index >= 15 is 0 Å². The third-order valence-electron chi connectivity index (χ3n) is 5.11. The summed E-state index contributed by atoms with van der Waals surface area (Å²) >= 11 is 0. The Balaban J connectivity index is 1.48. The highest BCUT2D eigenvalue weighted by Crippen LogP contribution is 2.27. The highest BCUT2D eigenvalue weighted by atomic mass is 16.5. The van der Waals surface area contributed by atoms with Gasteiger partial charge in [0.05, 0.1) is 24.1 Å². The summed E-state index contributed by atoms with van der Waals surface area (Å²) in [5.41, 5.74) is 0.793. The predicted octanol–water partition coefficient (Wildman–Crippen LogP) is 5.16. The molecule has 162 valence electrons. The van der Waals surface area contributed by atoms with Crippen LogP contribution < -0.4 is 15.4 Å². The van der Waals surface area contributed by atoms with E-state index in [2.05, 4.69) is 10.6 Å². The fourth-order valence-electron chi connectivity index (χ4n) is 3.45. The number of carbonyl (C=O) groups excluding carboxylic acids is 2. The van der Waals surface area contributed by atoms with Crippen LogP contribution in [0.3, 0.4) is 0 Å². The predicted molar refractivity (Wildman–Crippen MR) is 124 cm³/mol. The fraction of sp³-hybridized carbons (Fsp3) is 0.154. The quantitative estimate of drug-likeness (QED) is 0.406. The summed E-state index contributed by atoms with van der Waals surface area (Å²) in [6.07, 6.45) is 1.32. The number of ether oxygens (including phenoxy) is 1. The van der Waals surface area contributed by atoms with Gasteiger partial charge in [-0.15, -0.1) is 0 Å². The molecule has 0 bridgehead atoms. The number of amides is 2. The Morgan fingerprint density at radius 2 is 1.72 bits per heavy atom. The molecule has 6 nitrogen and oxygen atoms in total. The number of fused-ring (bicyclic) bond motifs is 1. The number of anilines is 1. The van der Waals surface area contributed by atoms with Crippen molar-refractivity contribution in [3.8, 4) is 5.75 Å². The zero-order valence-electron chi connectivity index (χ0n) is 17.7. The highest BCUT2D eigenvalue weighted by Gasteiger charge is 2.21. The van der Waals surface area contributed by atoms with Gasteiger partial charge in [-0.2, -0.15) is 0 Å². The first-order chi connectivity index (χ1) is 15.7. The molecule has 6 heteroatoms. The van der Waals surface area contributed by atoms with E-state index in [9.17, 15) is 9.59 Å². The minimum atomic E-state index is -0.708. The molecular formula is C26H24N2O4. The van der Waals surface area contributed by atoms with E-state index in [4.69, 9.17) is 9.15 Å². The number of para-hydroxylation sites is 1. The summed E-state index contributed by atoms with van der Waals surface area (Å²) in [7, 11) is 0. The van der Waals surface area contributed by atoms with Crippen LogP contribution in [0.25, 0.3) is 10.8 Å². The van der Waals surface area contributed by atoms with Gasteiger partial charge in [0.1, 0.15) is 11.5 Å². The third kappa shape index (κ3) is 4.81. The normalized spacial score (nSPS) is 11.7. The summed E-state index contributed by atoms with van der Waals surface area (Å²) in [6, 6.07) is 24.1. The molecule has 0 fully saturated rings. The lowest BCUT2D eigenvalue weighted by molar-refractivity contribution is -0.122. The SMILES string of the molecule is CC[C@@H](Oc1cccc2ccccc12)C(=O)Nc1ccccc1C(=O)NCc1ccco1. The molecule has 1 aromatic heterocycles. The molecule has 3 aromatic carbocycles. The van der Waals surface area contributed by atoms with Crippen molar-refractivity contribution in [3.05, 3.63) is 96.4 Å². The van der Waals surface area contributed by atoms with Crippen LogP contribution in [0.1, 0.15) is 29.5 Å². The van der Waals surface area contributed by atoms with Gasteiger partial charge in [0.2, 0.25) is 0 Å². The Kier molecular flexibility index (Phi) is 6.51. The summed E-state index contributed by atoms with van der Waals surface area (Å²) in [6.45, 7) is 2.15. The maximum atomic E-state index is 13.0. The first-order valence-electron chi connectivity index (χ1n) is 10.5. The van der Waals surface area contributed by atoms with Crippen molar-refractivity contribution in [2.75, 3.05) is 5.32 Å². The molecule has 0 aliphatic carbocycles. The molecule has 2 amide bonds. The second-order valence-corrected chi connectivity index (χ2v) is 7.29. The molecule has 4 rings (SSSR count). The maximum Gasteiger partial charge on any atom is 0.265 e. The molecule has 0 spiro atoms. The lowest BCUT2D eigenvalue weighted by Gasteiger charge is -2.19. The smallest absolute Gasteiger partial charge is 0.265 e. The lowest BCUT2D eigenvalue weighted by Crippen LogP contribution is -2.33. The summed E-state index contributed by atoms with van der Waals surface area (Å²) < 4.78 is 11.3. The van der Waals surface area contributed by atoms with E-state index < -0.39 is 6.10 Å². The van der Waals surface area contributed by atoms with Crippen molar-refractivity contribution in [2.45, 2.75) is 26.0 Å². The minimum absolute atomic E-state index is 0.260. The van der Waals surface area contributed by atoms with Gasteiger partial charge in [-0.25, -0.2) is 0 Å². The van der Waals surface area contributed by atoms with Crippen LogP contribution in [0.5, 0.6) is 5.75 Å². The number of nitrogens with one attached hydrogen (secondary N) is 2. The van der Waals surface area contributed by atoms with E-state index in [-0.39, 0.29) is 18.4 Å². The Morgan fingerprint density at radius 1 is 0.938 bits per heavy atom. The topological polar surface area (TPSA) is 80.6 Å². The Labute approximate surface area is 186 Å². The molecule has 32 heavy (non-hydrogen) atoms. The zero-order chi connectivity index (χ0) is 22.3. The van der Waals surface area contributed by atoms with E-state index in [1.165, 1.54) is 0 Å². The van der Waals surface area contributed by atoms with Gasteiger partial charge in [-0.3, -0.25) is 9.59 Å². The van der Waals surface area contributed by atoms with Gasteiger partial charge in [-0.1, -0.05) is 55.5 Å². The van der Waals surface area contributed by atoms with Gasteiger partial charge in [0, 0.05) is 5.39 Å². The maximum absolute atomic E-state index is 13.0. The first-order valence-corrected chi connectivity index (χ1v) is 10.5. The molecule has 1 atom stereocenters. The van der Waals surface area contributed by atoms with Crippen LogP contribution in [0.15, 0.2) is 89.5 Å². The number of rotatable bonds is 8. The van der Waals surface area contributed by atoms with E-state index in [0.717, 1.165) is 10.8 Å². The van der Waals surface area contributed by atoms with Gasteiger partial charge >= 0.3 is 0 Å². The second-order valence-electron chi connectivity index (χ2n) is 7.29. The van der Waals surface area contributed by atoms with E-state index in [0.29, 0.717) is 29.2 Å². The zero-order valence-corrected chi connectivity index (χ0v) is 17.7. The molecule has 0 aliphatic heterocycles. The van der Waals surface area contributed by atoms with Gasteiger partial charge < -0.3 is 19.8 Å². The van der Waals surface area contributed by atoms with E-state index in [1.807, 2.05) is 49.4 Å². The average Bonchev–Trinajstić information content (AvgIpc) is 3.35. The van der Waals surface area contributed by atoms with Gasteiger partial charge in [0.25, 0.3) is 11.8 Å². The largest absolute Gasteiger partial charge is 0.480 e. The third-order valence-corrected chi connectivity index (χ3v) is 5.11. The molecule has 0 saturated heterocycles. The Hall–Kier alpha value is -4.06. The molecule has 1 heterocycles. The number of hydrogen-bond acceptors (Lipinski definition) is 4. The molecule has 0 radical (unpaired) electrons. The standard InChI is InChI=1S/C26H24N2O4/c1-2-23(32-24-15-7-10-18-9-3-4-12-20(18)24)26(30)28-22-14-6-5-13-21(22)25(29)27-17-19-11-8-16-31-19/h3-16,23H,2,17H2,1H3,(H,27,29)(H,28,30)/t23-/m1/s1. The van der Waals surface area contributed by atoms with Crippen molar-refractivity contribution in [1.82, 2.24) is 5.32 Å². The van der Waals surface area contributed by atoms with Crippen molar-refractivity contribution in [3.63, 3.8) is 0 Å². The Bertz CT molecular complexity index is 1210. The van der Waals surface area contributed by atoms with Crippen molar-refractivity contribution < 1.29 is 18.7 Å². The second kappa shape index (κ2) is 9.83. The van der Waals surface area contributed by atoms with Gasteiger partial charge in [0.15, 0.2) is 6.10 Å². The molecule has 0 aliphatic rings. The Morgan fingerprint density at radius 3 is 2.53 bits per heavy atom. The summed E-state index contributed by atoms with van der Waals surface area (Å²) in [4.78, 5) is 25.7. The van der Waals surface area contributed by atoms with Crippen LogP contribution in [0.4, 0.5) is 5.69 Å². The monoisotopic (exact) mass is 428 g/mol. The fourth-order valence-corrected chi connectivity index (χ4v) is 3.45. The molecule has 0 saturated carbocycles. The first kappa shape index (κ1) is 21.2. The highest BCUT2D eigenvalue weighted by molar-refractivity contribution is 6.04. The lowest BCUT2D eigenvalue weighted by atomic mass is 10.1. The van der Waals surface area contributed by atoms with Crippen LogP contribution in [-0.4, -0.2) is 17.9 Å². The van der Waals surface area contributed by atoms with Gasteiger partial charge in [-0.05, 0) is 42.1 Å². The van der Waals surface area contributed by atoms with Crippen molar-refractivity contribution in [1.29, 1.82) is 0 Å². The van der Waals surface area contributed by atoms with Crippen LogP contribution in [-0.2, 0) is 11.3 Å². The molecule has 0 unspecified atom stereocenters. The van der Waals surface area contributed by atoms with Crippen LogP contribution >= 0.6 is 0 Å². The molecular weight excluding hydrogens is 404 g/mol. The van der Waals surface area contributed by atoms with Crippen molar-refractivity contribution in [2.24, 2.45) is 0 Å². The average molecular weight is 428 g/mol. The number of hydrogen-bond donors (Lipinski definition) is 2. The van der Waals surface area contributed by atoms with E-state index in [1.54, 1.807) is 42.7 Å². The minimum Gasteiger partial charge on any atom is -0.480 e. The van der Waals surface area contributed by atoms with Crippen molar-refractivity contribution >= 4 is 28.3 Å². The van der Waals surface area contributed by atoms with Crippen LogP contribution in [0, 0.1) is 0 Å².